The number of rotatable bonds is 9. The highest BCUT2D eigenvalue weighted by Crippen LogP contribution is 2.12. The molecule has 4 N–H and O–H groups in total. The molecule has 2 aromatic rings. The predicted octanol–water partition coefficient (Wildman–Crippen LogP) is 2.46. The van der Waals surface area contributed by atoms with E-state index in [1.807, 2.05) is 18.2 Å². The second-order valence-corrected chi connectivity index (χ2v) is 7.20. The molecule has 0 aliphatic heterocycles. The Morgan fingerprint density at radius 1 is 0.933 bits per heavy atom. The minimum absolute atomic E-state index is 0.0317. The number of phenols is 1. The molecule has 8 heteroatoms. The van der Waals surface area contributed by atoms with E-state index in [1.165, 1.54) is 12.1 Å². The topological polar surface area (TPSA) is 125 Å². The number of carbonyl (C=O) groups excluding carboxylic acids is 2. The van der Waals surface area contributed by atoms with Crippen LogP contribution in [0.4, 0.5) is 4.79 Å². The van der Waals surface area contributed by atoms with E-state index in [2.05, 4.69) is 10.6 Å². The molecule has 0 aliphatic rings. The minimum Gasteiger partial charge on any atom is -0.508 e. The van der Waals surface area contributed by atoms with Gasteiger partial charge in [-0.15, -0.1) is 0 Å². The SMILES string of the molecule is CC(C)C(NC(=O)C(Cc1ccc(O)cc1)NC(=O)OCc1ccccc1)C(=O)O. The van der Waals surface area contributed by atoms with Gasteiger partial charge >= 0.3 is 12.1 Å². The average molecular weight is 414 g/mol. The third kappa shape index (κ3) is 7.12. The molecule has 2 unspecified atom stereocenters. The Bertz CT molecular complexity index is 852. The van der Waals surface area contributed by atoms with Crippen LogP contribution in [0.3, 0.4) is 0 Å². The number of hydrogen-bond acceptors (Lipinski definition) is 5. The Hall–Kier alpha value is -3.55. The quantitative estimate of drug-likeness (QED) is 0.500. The average Bonchev–Trinajstić information content (AvgIpc) is 2.71. The van der Waals surface area contributed by atoms with Gasteiger partial charge < -0.3 is 25.6 Å². The number of phenolic OH excluding ortho intramolecular Hbond substituents is 1. The van der Waals surface area contributed by atoms with Gasteiger partial charge in [-0.1, -0.05) is 56.3 Å². The third-order valence-electron chi connectivity index (χ3n) is 4.43. The lowest BCUT2D eigenvalue weighted by Crippen LogP contribution is -2.53. The van der Waals surface area contributed by atoms with Crippen molar-refractivity contribution in [1.82, 2.24) is 10.6 Å². The van der Waals surface area contributed by atoms with Crippen molar-refractivity contribution in [3.05, 3.63) is 65.7 Å². The maximum atomic E-state index is 12.7. The lowest BCUT2D eigenvalue weighted by Gasteiger charge is -2.23. The van der Waals surface area contributed by atoms with Crippen molar-refractivity contribution < 1.29 is 29.3 Å². The fourth-order valence-electron chi connectivity index (χ4n) is 2.75. The van der Waals surface area contributed by atoms with Gasteiger partial charge in [0.2, 0.25) is 5.91 Å². The summed E-state index contributed by atoms with van der Waals surface area (Å²) in [4.78, 5) is 36.4. The zero-order valence-corrected chi connectivity index (χ0v) is 16.9. The molecule has 0 heterocycles. The Labute approximate surface area is 174 Å². The first-order valence-electron chi connectivity index (χ1n) is 9.54. The lowest BCUT2D eigenvalue weighted by molar-refractivity contribution is -0.143. The second-order valence-electron chi connectivity index (χ2n) is 7.20. The number of alkyl carbamates (subject to hydrolysis) is 1. The van der Waals surface area contributed by atoms with Gasteiger partial charge in [-0.2, -0.15) is 0 Å². The summed E-state index contributed by atoms with van der Waals surface area (Å²) in [6, 6.07) is 13.1. The first-order chi connectivity index (χ1) is 14.3. The summed E-state index contributed by atoms with van der Waals surface area (Å²) in [5, 5.41) is 23.7. The van der Waals surface area contributed by atoms with E-state index >= 15 is 0 Å². The molecule has 2 rings (SSSR count). The molecule has 0 fully saturated rings. The predicted molar refractivity (Wildman–Crippen MR) is 110 cm³/mol. The van der Waals surface area contributed by atoms with Crippen LogP contribution >= 0.6 is 0 Å². The van der Waals surface area contributed by atoms with Crippen molar-refractivity contribution in [3.8, 4) is 5.75 Å². The fourth-order valence-corrected chi connectivity index (χ4v) is 2.75. The number of aromatic hydroxyl groups is 1. The standard InChI is InChI=1S/C22H26N2O6/c1-14(2)19(21(27)28)24-20(26)18(12-15-8-10-17(25)11-9-15)23-22(29)30-13-16-6-4-3-5-7-16/h3-11,14,18-19,25H,12-13H2,1-2H3,(H,23,29)(H,24,26)(H,27,28). The number of carbonyl (C=O) groups is 3. The van der Waals surface area contributed by atoms with Gasteiger partial charge in [0.15, 0.2) is 0 Å². The number of aliphatic carboxylic acids is 1. The van der Waals surface area contributed by atoms with E-state index in [0.29, 0.717) is 5.56 Å². The summed E-state index contributed by atoms with van der Waals surface area (Å²) < 4.78 is 5.18. The summed E-state index contributed by atoms with van der Waals surface area (Å²) in [6.45, 7) is 3.38. The molecular weight excluding hydrogens is 388 g/mol. The number of nitrogens with one attached hydrogen (secondary N) is 2. The van der Waals surface area contributed by atoms with Crippen molar-refractivity contribution >= 4 is 18.0 Å². The number of benzene rings is 2. The summed E-state index contributed by atoms with van der Waals surface area (Å²) >= 11 is 0. The van der Waals surface area contributed by atoms with Crippen LogP contribution in [-0.2, 0) is 27.4 Å². The second kappa shape index (κ2) is 10.8. The summed E-state index contributed by atoms with van der Waals surface area (Å²) in [6.07, 6.45) is -0.703. The van der Waals surface area contributed by atoms with E-state index in [9.17, 15) is 24.6 Å². The number of hydrogen-bond donors (Lipinski definition) is 4. The highest BCUT2D eigenvalue weighted by atomic mass is 16.5. The zero-order chi connectivity index (χ0) is 22.1. The van der Waals surface area contributed by atoms with Gasteiger partial charge in [-0.3, -0.25) is 4.79 Å². The molecule has 0 aliphatic carbocycles. The largest absolute Gasteiger partial charge is 0.508 e. The van der Waals surface area contributed by atoms with Gasteiger partial charge in [0.1, 0.15) is 24.4 Å². The van der Waals surface area contributed by atoms with Gasteiger partial charge in [-0.05, 0) is 29.2 Å². The van der Waals surface area contributed by atoms with E-state index in [1.54, 1.807) is 38.1 Å². The molecule has 0 saturated heterocycles. The Morgan fingerprint density at radius 2 is 1.57 bits per heavy atom. The van der Waals surface area contributed by atoms with Crippen molar-refractivity contribution in [2.75, 3.05) is 0 Å². The molecule has 2 atom stereocenters. The first kappa shape index (κ1) is 22.7. The van der Waals surface area contributed by atoms with Gasteiger partial charge in [0.25, 0.3) is 0 Å². The fraction of sp³-hybridized carbons (Fsp3) is 0.318. The Balaban J connectivity index is 2.09. The molecule has 2 amide bonds. The summed E-state index contributed by atoms with van der Waals surface area (Å²) in [5.74, 6) is -2.07. The lowest BCUT2D eigenvalue weighted by atomic mass is 10.0. The normalized spacial score (nSPS) is 12.6. The molecule has 0 saturated carbocycles. The highest BCUT2D eigenvalue weighted by Gasteiger charge is 2.29. The van der Waals surface area contributed by atoms with Crippen LogP contribution in [0.2, 0.25) is 0 Å². The van der Waals surface area contributed by atoms with Crippen molar-refractivity contribution in [2.45, 2.75) is 39.0 Å². The van der Waals surface area contributed by atoms with Crippen molar-refractivity contribution in [3.63, 3.8) is 0 Å². The Kier molecular flexibility index (Phi) is 8.22. The zero-order valence-electron chi connectivity index (χ0n) is 16.9. The minimum atomic E-state index is -1.16. The van der Waals surface area contributed by atoms with Crippen LogP contribution in [0.25, 0.3) is 0 Å². The molecule has 2 aromatic carbocycles. The Morgan fingerprint density at radius 3 is 2.13 bits per heavy atom. The molecule has 0 spiro atoms. The maximum Gasteiger partial charge on any atom is 0.408 e. The van der Waals surface area contributed by atoms with Crippen LogP contribution in [-0.4, -0.2) is 40.3 Å². The van der Waals surface area contributed by atoms with Crippen molar-refractivity contribution in [2.24, 2.45) is 5.92 Å². The molecule has 8 nitrogen and oxygen atoms in total. The van der Waals surface area contributed by atoms with E-state index in [4.69, 9.17) is 4.74 Å². The van der Waals surface area contributed by atoms with Crippen LogP contribution < -0.4 is 10.6 Å². The molecule has 160 valence electrons. The molecule has 30 heavy (non-hydrogen) atoms. The highest BCUT2D eigenvalue weighted by molar-refractivity contribution is 5.89. The maximum absolute atomic E-state index is 12.7. The van der Waals surface area contributed by atoms with Gasteiger partial charge in [0, 0.05) is 6.42 Å². The summed E-state index contributed by atoms with van der Waals surface area (Å²) in [5.41, 5.74) is 1.46. The first-order valence-corrected chi connectivity index (χ1v) is 9.54. The molecular formula is C22H26N2O6. The van der Waals surface area contributed by atoms with Gasteiger partial charge in [0.05, 0.1) is 0 Å². The van der Waals surface area contributed by atoms with E-state index in [0.717, 1.165) is 5.56 Å². The van der Waals surface area contributed by atoms with Crippen LogP contribution in [0.1, 0.15) is 25.0 Å². The number of carboxylic acids is 1. The number of amides is 2. The van der Waals surface area contributed by atoms with Gasteiger partial charge in [-0.25, -0.2) is 9.59 Å². The van der Waals surface area contributed by atoms with E-state index in [-0.39, 0.29) is 24.7 Å². The molecule has 0 aromatic heterocycles. The summed E-state index contributed by atoms with van der Waals surface area (Å²) in [7, 11) is 0. The smallest absolute Gasteiger partial charge is 0.408 e. The number of carboxylic acid groups (broad SMARTS) is 1. The number of ether oxygens (including phenoxy) is 1. The van der Waals surface area contributed by atoms with Crippen LogP contribution in [0.5, 0.6) is 5.75 Å². The van der Waals surface area contributed by atoms with Crippen LogP contribution in [0.15, 0.2) is 54.6 Å². The van der Waals surface area contributed by atoms with Crippen LogP contribution in [0, 0.1) is 5.92 Å². The molecule has 0 bridgehead atoms. The monoisotopic (exact) mass is 414 g/mol. The van der Waals surface area contributed by atoms with Crippen molar-refractivity contribution in [1.29, 1.82) is 0 Å². The molecule has 0 radical (unpaired) electrons. The third-order valence-corrected chi connectivity index (χ3v) is 4.43. The van der Waals surface area contributed by atoms with E-state index < -0.39 is 30.1 Å².